The molecule has 1 amide bonds. The van der Waals surface area contributed by atoms with Gasteiger partial charge in [0, 0.05) is 35.0 Å². The highest BCUT2D eigenvalue weighted by molar-refractivity contribution is 9.11. The zero-order valence-electron chi connectivity index (χ0n) is 10.4. The monoisotopic (exact) mass is 347 g/mol. The van der Waals surface area contributed by atoms with Crippen LogP contribution in [0.25, 0.3) is 0 Å². The van der Waals surface area contributed by atoms with Gasteiger partial charge in [0.05, 0.1) is 9.83 Å². The predicted octanol–water partition coefficient (Wildman–Crippen LogP) is 3.79. The number of amides is 1. The summed E-state index contributed by atoms with van der Waals surface area (Å²) in [4.78, 5) is 26.8. The van der Waals surface area contributed by atoms with Gasteiger partial charge in [0.25, 0.3) is 5.91 Å². The van der Waals surface area contributed by atoms with Crippen molar-refractivity contribution in [2.75, 3.05) is 0 Å². The van der Waals surface area contributed by atoms with Crippen molar-refractivity contribution in [1.29, 1.82) is 0 Å². The molecule has 0 bridgehead atoms. The van der Waals surface area contributed by atoms with E-state index in [9.17, 15) is 9.59 Å². The number of thiophene rings is 1. The van der Waals surface area contributed by atoms with E-state index in [4.69, 9.17) is 0 Å². The van der Waals surface area contributed by atoms with Gasteiger partial charge in [0.2, 0.25) is 0 Å². The Morgan fingerprint density at radius 1 is 1.20 bits per heavy atom. The molecule has 20 heavy (non-hydrogen) atoms. The Kier molecular flexibility index (Phi) is 2.62. The Bertz CT molecular complexity index is 752. The van der Waals surface area contributed by atoms with E-state index in [1.807, 2.05) is 34.5 Å². The summed E-state index contributed by atoms with van der Waals surface area (Å²) in [5.41, 5.74) is 3.43. The molecule has 3 nitrogen and oxygen atoms in total. The lowest BCUT2D eigenvalue weighted by Gasteiger charge is -2.22. The van der Waals surface area contributed by atoms with Crippen LogP contribution in [0.2, 0.25) is 0 Å². The van der Waals surface area contributed by atoms with Crippen molar-refractivity contribution < 1.29 is 9.59 Å². The molecule has 0 saturated carbocycles. The Morgan fingerprint density at radius 2 is 2.00 bits per heavy atom. The van der Waals surface area contributed by atoms with Crippen LogP contribution in [0.1, 0.15) is 44.3 Å². The van der Waals surface area contributed by atoms with Crippen molar-refractivity contribution in [2.24, 2.45) is 0 Å². The Balaban J connectivity index is 1.86. The van der Waals surface area contributed by atoms with E-state index in [0.717, 1.165) is 26.0 Å². The molecular weight excluding hydrogens is 338 g/mol. The maximum absolute atomic E-state index is 12.5. The first kappa shape index (κ1) is 12.3. The topological polar surface area (TPSA) is 37.4 Å². The van der Waals surface area contributed by atoms with Crippen LogP contribution in [0.15, 0.2) is 33.4 Å². The molecule has 0 N–H and O–H groups in total. The Hall–Kier alpha value is -1.46. The van der Waals surface area contributed by atoms with E-state index in [2.05, 4.69) is 15.9 Å². The second-order valence-corrected chi connectivity index (χ2v) is 7.26. The van der Waals surface area contributed by atoms with Gasteiger partial charge in [0.1, 0.15) is 0 Å². The lowest BCUT2D eigenvalue weighted by molar-refractivity contribution is 0.0699. The molecule has 2 aliphatic rings. The molecular formula is C15H10BrNO2S. The molecule has 0 radical (unpaired) electrons. The number of halogens is 1. The number of fused-ring (bicyclic) bond motifs is 4. The van der Waals surface area contributed by atoms with Gasteiger partial charge in [-0.15, -0.1) is 11.3 Å². The molecule has 100 valence electrons. The summed E-state index contributed by atoms with van der Waals surface area (Å²) >= 11 is 5.00. The fourth-order valence-electron chi connectivity index (χ4n) is 3.04. The number of rotatable bonds is 0. The highest BCUT2D eigenvalue weighted by Gasteiger charge is 2.40. The molecule has 0 aliphatic carbocycles. The minimum atomic E-state index is -0.115. The summed E-state index contributed by atoms with van der Waals surface area (Å²) in [7, 11) is 0. The van der Waals surface area contributed by atoms with Crippen molar-refractivity contribution in [3.8, 4) is 0 Å². The number of benzene rings is 1. The molecule has 3 heterocycles. The summed E-state index contributed by atoms with van der Waals surface area (Å²) in [6.07, 6.45) is 0.374. The van der Waals surface area contributed by atoms with Crippen LogP contribution in [-0.2, 0) is 6.54 Å². The van der Waals surface area contributed by atoms with Crippen LogP contribution in [0.4, 0.5) is 0 Å². The summed E-state index contributed by atoms with van der Waals surface area (Å²) in [5.74, 6) is 0.156. The fraction of sp³-hybridized carbons (Fsp3) is 0.200. The van der Waals surface area contributed by atoms with Crippen LogP contribution in [0.5, 0.6) is 0 Å². The Labute approximate surface area is 128 Å². The molecule has 1 aromatic heterocycles. The number of hydrogen-bond acceptors (Lipinski definition) is 3. The zero-order chi connectivity index (χ0) is 13.9. The molecule has 0 spiro atoms. The van der Waals surface area contributed by atoms with Gasteiger partial charge >= 0.3 is 0 Å². The van der Waals surface area contributed by atoms with Crippen LogP contribution in [0.3, 0.4) is 0 Å². The van der Waals surface area contributed by atoms with E-state index in [1.54, 1.807) is 0 Å². The van der Waals surface area contributed by atoms with Gasteiger partial charge in [-0.2, -0.15) is 0 Å². The van der Waals surface area contributed by atoms with Gasteiger partial charge in [-0.3, -0.25) is 9.59 Å². The lowest BCUT2D eigenvalue weighted by Crippen LogP contribution is -2.26. The molecule has 5 heteroatoms. The largest absolute Gasteiger partial charge is 0.327 e. The van der Waals surface area contributed by atoms with Crippen molar-refractivity contribution in [3.05, 3.63) is 55.7 Å². The minimum absolute atomic E-state index is 0.0318. The number of hydrogen-bond donors (Lipinski definition) is 0. The van der Waals surface area contributed by atoms with E-state index < -0.39 is 0 Å². The molecule has 1 unspecified atom stereocenters. The zero-order valence-corrected chi connectivity index (χ0v) is 12.8. The van der Waals surface area contributed by atoms with Crippen molar-refractivity contribution in [2.45, 2.75) is 19.0 Å². The first-order chi connectivity index (χ1) is 9.66. The summed E-state index contributed by atoms with van der Waals surface area (Å²) < 4.78 is 0.949. The van der Waals surface area contributed by atoms with Crippen molar-refractivity contribution >= 4 is 39.0 Å². The van der Waals surface area contributed by atoms with Crippen LogP contribution >= 0.6 is 27.3 Å². The second-order valence-electron chi connectivity index (χ2n) is 5.07. The standard InChI is InChI=1S/C15H10BrNO2S/c16-14-10-6-17-12(5-13(18)11(10)7-20-14)8-3-1-2-4-9(8)15(17)19/h1-4,7,12H,5-6H2. The van der Waals surface area contributed by atoms with Crippen LogP contribution in [-0.4, -0.2) is 16.6 Å². The van der Waals surface area contributed by atoms with E-state index in [-0.39, 0.29) is 17.7 Å². The third kappa shape index (κ3) is 1.56. The average Bonchev–Trinajstić information content (AvgIpc) is 2.88. The number of carbonyl (C=O) groups is 2. The summed E-state index contributed by atoms with van der Waals surface area (Å²) in [6.45, 7) is 0.503. The second kappa shape index (κ2) is 4.27. The first-order valence-corrected chi connectivity index (χ1v) is 8.03. The highest BCUT2D eigenvalue weighted by atomic mass is 79.9. The summed E-state index contributed by atoms with van der Waals surface area (Å²) in [5, 5.41) is 1.89. The van der Waals surface area contributed by atoms with Crippen molar-refractivity contribution in [3.63, 3.8) is 0 Å². The molecule has 0 fully saturated rings. The van der Waals surface area contributed by atoms with Gasteiger partial charge in [-0.25, -0.2) is 0 Å². The highest BCUT2D eigenvalue weighted by Crippen LogP contribution is 2.43. The Morgan fingerprint density at radius 3 is 2.85 bits per heavy atom. The van der Waals surface area contributed by atoms with Gasteiger partial charge in [-0.05, 0) is 27.6 Å². The number of nitrogens with zero attached hydrogens (tertiary/aromatic N) is 1. The minimum Gasteiger partial charge on any atom is -0.327 e. The van der Waals surface area contributed by atoms with E-state index in [0.29, 0.717) is 13.0 Å². The number of ketones is 1. The fourth-order valence-corrected chi connectivity index (χ4v) is 4.48. The van der Waals surface area contributed by atoms with Gasteiger partial charge in [-0.1, -0.05) is 18.2 Å². The molecule has 1 aromatic carbocycles. The molecule has 0 saturated heterocycles. The van der Waals surface area contributed by atoms with Crippen LogP contribution < -0.4 is 0 Å². The SMILES string of the molecule is O=C1CC2c3ccccc3C(=O)N2Cc2c1csc2Br. The molecule has 1 atom stereocenters. The van der Waals surface area contributed by atoms with Gasteiger partial charge < -0.3 is 4.90 Å². The van der Waals surface area contributed by atoms with E-state index in [1.165, 1.54) is 11.3 Å². The quantitative estimate of drug-likeness (QED) is 0.726. The predicted molar refractivity (Wildman–Crippen MR) is 80.0 cm³/mol. The number of Topliss-reactive ketones (excluding diaryl/α,β-unsaturated/α-hetero) is 1. The van der Waals surface area contributed by atoms with Gasteiger partial charge in [0.15, 0.2) is 5.78 Å². The maximum Gasteiger partial charge on any atom is 0.255 e. The molecule has 2 aliphatic heterocycles. The first-order valence-electron chi connectivity index (χ1n) is 6.36. The third-order valence-electron chi connectivity index (χ3n) is 4.04. The molecule has 4 rings (SSSR count). The van der Waals surface area contributed by atoms with Crippen LogP contribution in [0, 0.1) is 0 Å². The third-order valence-corrected chi connectivity index (χ3v) is 5.88. The molecule has 2 aromatic rings. The van der Waals surface area contributed by atoms with E-state index >= 15 is 0 Å². The smallest absolute Gasteiger partial charge is 0.255 e. The number of carbonyl (C=O) groups excluding carboxylic acids is 2. The average molecular weight is 348 g/mol. The van der Waals surface area contributed by atoms with Crippen molar-refractivity contribution in [1.82, 2.24) is 4.90 Å². The normalized spacial score (nSPS) is 20.4. The summed E-state index contributed by atoms with van der Waals surface area (Å²) in [6, 6.07) is 7.49. The lowest BCUT2D eigenvalue weighted by atomic mass is 9.99. The maximum atomic E-state index is 12.5.